The lowest BCUT2D eigenvalue weighted by atomic mass is 10.0. The Bertz CT molecular complexity index is 1510. The van der Waals surface area contributed by atoms with Gasteiger partial charge in [0, 0.05) is 50.4 Å². The Kier molecular flexibility index (Phi) is 7.10. The lowest BCUT2D eigenvalue weighted by Gasteiger charge is -2.38. The van der Waals surface area contributed by atoms with Gasteiger partial charge in [0.1, 0.15) is 24.0 Å². The van der Waals surface area contributed by atoms with Crippen molar-refractivity contribution >= 4 is 21.9 Å². The highest BCUT2D eigenvalue weighted by Crippen LogP contribution is 2.28. The Morgan fingerprint density at radius 2 is 1.63 bits per heavy atom. The predicted octanol–water partition coefficient (Wildman–Crippen LogP) is 5.77. The highest BCUT2D eigenvalue weighted by atomic mass is 16.5. The summed E-state index contributed by atoms with van der Waals surface area (Å²) < 4.78 is 11.8. The van der Waals surface area contributed by atoms with Gasteiger partial charge in [-0.15, -0.1) is 0 Å². The molecule has 2 atom stereocenters. The number of oxazole rings is 1. The smallest absolute Gasteiger partial charge is 0.227 e. The molecule has 1 aliphatic rings. The molecule has 6 rings (SSSR count). The largest absolute Gasteiger partial charge is 0.491 e. The molecule has 1 fully saturated rings. The number of piperazine rings is 1. The van der Waals surface area contributed by atoms with E-state index in [1.807, 2.05) is 48.5 Å². The van der Waals surface area contributed by atoms with Crippen LogP contribution in [0.15, 0.2) is 95.4 Å². The molecule has 38 heavy (non-hydrogen) atoms. The van der Waals surface area contributed by atoms with Crippen LogP contribution >= 0.6 is 0 Å². The third-order valence-electron chi connectivity index (χ3n) is 7.50. The van der Waals surface area contributed by atoms with E-state index >= 15 is 0 Å². The molecule has 2 heterocycles. The minimum Gasteiger partial charge on any atom is -0.491 e. The molecule has 0 amide bonds. The number of rotatable bonds is 8. The maximum absolute atomic E-state index is 10.7. The van der Waals surface area contributed by atoms with E-state index in [4.69, 9.17) is 9.15 Å². The molecule has 1 saturated heterocycles. The lowest BCUT2D eigenvalue weighted by Crippen LogP contribution is -2.49. The van der Waals surface area contributed by atoms with Crippen LogP contribution < -0.4 is 4.74 Å². The molecule has 194 valence electrons. The fraction of sp³-hybridized carbons (Fsp3) is 0.281. The topological polar surface area (TPSA) is 62.0 Å². The van der Waals surface area contributed by atoms with E-state index in [-0.39, 0.29) is 6.61 Å². The van der Waals surface area contributed by atoms with Gasteiger partial charge >= 0.3 is 0 Å². The molecule has 1 aromatic heterocycles. The number of hydrogen-bond donors (Lipinski definition) is 1. The first-order valence-electron chi connectivity index (χ1n) is 13.3. The number of fused-ring (bicyclic) bond motifs is 2. The number of aliphatic hydroxyl groups excluding tert-OH is 1. The molecule has 6 nitrogen and oxygen atoms in total. The zero-order valence-electron chi connectivity index (χ0n) is 21.7. The number of hydrogen-bond acceptors (Lipinski definition) is 6. The van der Waals surface area contributed by atoms with Crippen LogP contribution in [0.2, 0.25) is 0 Å². The zero-order chi connectivity index (χ0) is 25.9. The quantitative estimate of drug-likeness (QED) is 0.288. The average Bonchev–Trinajstić information content (AvgIpc) is 3.40. The fourth-order valence-corrected chi connectivity index (χ4v) is 5.26. The van der Waals surface area contributed by atoms with Gasteiger partial charge in [-0.2, -0.15) is 0 Å². The molecule has 0 saturated carbocycles. The summed E-state index contributed by atoms with van der Waals surface area (Å²) in [7, 11) is 0. The summed E-state index contributed by atoms with van der Waals surface area (Å²) in [5.74, 6) is 1.27. The summed E-state index contributed by atoms with van der Waals surface area (Å²) in [5.41, 5.74) is 3.75. The van der Waals surface area contributed by atoms with Crippen molar-refractivity contribution in [2.45, 2.75) is 19.1 Å². The van der Waals surface area contributed by atoms with Gasteiger partial charge in [-0.05, 0) is 53.6 Å². The molecule has 4 aromatic carbocycles. The molecule has 0 aliphatic carbocycles. The van der Waals surface area contributed by atoms with E-state index in [9.17, 15) is 5.11 Å². The highest BCUT2D eigenvalue weighted by molar-refractivity contribution is 5.83. The molecule has 0 spiro atoms. The minimum absolute atomic E-state index is 0.239. The van der Waals surface area contributed by atoms with E-state index in [0.717, 1.165) is 37.3 Å². The van der Waals surface area contributed by atoms with E-state index in [0.29, 0.717) is 29.8 Å². The van der Waals surface area contributed by atoms with Crippen molar-refractivity contribution in [3.8, 4) is 17.2 Å². The Labute approximate surface area is 223 Å². The van der Waals surface area contributed by atoms with Crippen LogP contribution in [0.4, 0.5) is 0 Å². The van der Waals surface area contributed by atoms with Crippen molar-refractivity contribution in [2.24, 2.45) is 0 Å². The lowest BCUT2D eigenvalue weighted by molar-refractivity contribution is 0.0381. The van der Waals surface area contributed by atoms with Crippen LogP contribution in [-0.2, 0) is 0 Å². The van der Waals surface area contributed by atoms with Gasteiger partial charge in [-0.1, -0.05) is 54.6 Å². The van der Waals surface area contributed by atoms with Crippen molar-refractivity contribution in [3.05, 3.63) is 96.6 Å². The Hall–Kier alpha value is -3.71. The Balaban J connectivity index is 0.993. The maximum Gasteiger partial charge on any atom is 0.227 e. The molecule has 1 aliphatic heterocycles. The number of β-amino-alcohol motifs (C(OH)–C–C–N with tert-alkyl or cyclic N) is 1. The predicted molar refractivity (Wildman–Crippen MR) is 151 cm³/mol. The van der Waals surface area contributed by atoms with Gasteiger partial charge in [0.05, 0.1) is 0 Å². The highest BCUT2D eigenvalue weighted by Gasteiger charge is 2.23. The van der Waals surface area contributed by atoms with Crippen LogP contribution in [0.3, 0.4) is 0 Å². The maximum atomic E-state index is 10.7. The second-order valence-electron chi connectivity index (χ2n) is 10.1. The van der Waals surface area contributed by atoms with Crippen LogP contribution in [0.5, 0.6) is 5.75 Å². The van der Waals surface area contributed by atoms with Crippen LogP contribution in [0, 0.1) is 0 Å². The number of ether oxygens (including phenoxy) is 1. The third-order valence-corrected chi connectivity index (χ3v) is 7.50. The van der Waals surface area contributed by atoms with Crippen molar-refractivity contribution in [3.63, 3.8) is 0 Å². The second-order valence-corrected chi connectivity index (χ2v) is 10.1. The van der Waals surface area contributed by atoms with Crippen molar-refractivity contribution in [1.82, 2.24) is 14.8 Å². The van der Waals surface area contributed by atoms with Gasteiger partial charge < -0.3 is 14.3 Å². The van der Waals surface area contributed by atoms with Gasteiger partial charge in [-0.25, -0.2) is 4.98 Å². The fourth-order valence-electron chi connectivity index (χ4n) is 5.26. The second kappa shape index (κ2) is 11.0. The number of benzene rings is 4. The molecule has 6 heteroatoms. The van der Waals surface area contributed by atoms with Gasteiger partial charge in [0.25, 0.3) is 0 Å². The Morgan fingerprint density at radius 3 is 2.45 bits per heavy atom. The summed E-state index contributed by atoms with van der Waals surface area (Å²) in [6.07, 6.45) is -0.563. The van der Waals surface area contributed by atoms with Crippen molar-refractivity contribution in [2.75, 3.05) is 39.3 Å². The molecule has 0 radical (unpaired) electrons. The zero-order valence-corrected chi connectivity index (χ0v) is 21.7. The third kappa shape index (κ3) is 5.43. The summed E-state index contributed by atoms with van der Waals surface area (Å²) in [4.78, 5) is 9.45. The van der Waals surface area contributed by atoms with E-state index in [1.54, 1.807) is 0 Å². The van der Waals surface area contributed by atoms with E-state index in [1.165, 1.54) is 16.3 Å². The van der Waals surface area contributed by atoms with Crippen molar-refractivity contribution in [1.29, 1.82) is 0 Å². The van der Waals surface area contributed by atoms with E-state index in [2.05, 4.69) is 64.2 Å². The monoisotopic (exact) mass is 507 g/mol. The molecule has 0 unspecified atom stereocenters. The van der Waals surface area contributed by atoms with Gasteiger partial charge in [-0.3, -0.25) is 9.80 Å². The van der Waals surface area contributed by atoms with Gasteiger partial charge in [0.2, 0.25) is 5.89 Å². The molecule has 5 aromatic rings. The summed E-state index contributed by atoms with van der Waals surface area (Å²) >= 11 is 0. The molecular formula is C32H33N3O3. The first kappa shape index (κ1) is 24.6. The standard InChI is InChI=1S/C32H33N3O3/c1-23(26-12-11-24-7-5-6-10-27(24)19-26)35-17-15-34(16-18-35)21-28(36)22-37-29-13-14-31-30(20-29)33-32(38-31)25-8-3-2-4-9-25/h2-14,19-20,23,28,36H,15-18,21-22H2,1H3/t23-,28-/m1/s1. The molecular weight excluding hydrogens is 474 g/mol. The van der Waals surface area contributed by atoms with Crippen LogP contribution in [0.1, 0.15) is 18.5 Å². The van der Waals surface area contributed by atoms with Crippen LogP contribution in [-0.4, -0.2) is 65.3 Å². The molecule has 0 bridgehead atoms. The average molecular weight is 508 g/mol. The SMILES string of the molecule is C[C@H](c1ccc2ccccc2c1)N1CCN(C[C@@H](O)COc2ccc3oc(-c4ccccc4)nc3c2)CC1. The number of aliphatic hydroxyl groups is 1. The number of nitrogens with zero attached hydrogens (tertiary/aromatic N) is 3. The molecule has 1 N–H and O–H groups in total. The Morgan fingerprint density at radius 1 is 0.868 bits per heavy atom. The number of aromatic nitrogens is 1. The van der Waals surface area contributed by atoms with Crippen LogP contribution in [0.25, 0.3) is 33.3 Å². The van der Waals surface area contributed by atoms with E-state index < -0.39 is 6.10 Å². The summed E-state index contributed by atoms with van der Waals surface area (Å²) in [6, 6.07) is 31.1. The first-order valence-corrected chi connectivity index (χ1v) is 13.3. The first-order chi connectivity index (χ1) is 18.6. The summed E-state index contributed by atoms with van der Waals surface area (Å²) in [6.45, 7) is 6.95. The van der Waals surface area contributed by atoms with Crippen molar-refractivity contribution < 1.29 is 14.3 Å². The van der Waals surface area contributed by atoms with Gasteiger partial charge in [0.15, 0.2) is 5.58 Å². The normalized spacial score (nSPS) is 16.6. The summed E-state index contributed by atoms with van der Waals surface area (Å²) in [5, 5.41) is 13.2. The minimum atomic E-state index is -0.563.